The van der Waals surface area contributed by atoms with Crippen molar-refractivity contribution >= 4 is 0 Å². The highest BCUT2D eigenvalue weighted by atomic mass is 19.3. The van der Waals surface area contributed by atoms with E-state index in [1.165, 1.54) is 74.4 Å². The standard InChI is InChI=1S/C29H30F4O2/c1-3-4-19-5-7-20(8-6-19)21-9-11-22(12-10-21)25-17-26(30)27(31)28(18(25)2)34-23-13-15-24(16-14-23)35-29(32)33/h9-17,19-20,29H,3-8H2,1-2H3. The van der Waals surface area contributed by atoms with Crippen molar-refractivity contribution in [3.63, 3.8) is 0 Å². The fourth-order valence-corrected chi connectivity index (χ4v) is 5.05. The Morgan fingerprint density at radius 3 is 2.11 bits per heavy atom. The number of alkyl halides is 2. The highest BCUT2D eigenvalue weighted by Crippen LogP contribution is 2.40. The Kier molecular flexibility index (Phi) is 7.99. The van der Waals surface area contributed by atoms with Crippen LogP contribution in [-0.2, 0) is 0 Å². The fraction of sp³-hybridized carbons (Fsp3) is 0.379. The summed E-state index contributed by atoms with van der Waals surface area (Å²) in [6.45, 7) is 0.961. The molecule has 3 aromatic carbocycles. The lowest BCUT2D eigenvalue weighted by Crippen LogP contribution is -2.13. The molecule has 0 amide bonds. The van der Waals surface area contributed by atoms with Gasteiger partial charge in [-0.3, -0.25) is 0 Å². The molecule has 0 spiro atoms. The molecule has 0 aliphatic heterocycles. The molecule has 1 aliphatic rings. The van der Waals surface area contributed by atoms with Gasteiger partial charge in [0.2, 0.25) is 5.82 Å². The lowest BCUT2D eigenvalue weighted by molar-refractivity contribution is -0.0498. The average molecular weight is 487 g/mol. The molecule has 2 nitrogen and oxygen atoms in total. The molecule has 0 heterocycles. The fourth-order valence-electron chi connectivity index (χ4n) is 5.05. The van der Waals surface area contributed by atoms with Crippen molar-refractivity contribution < 1.29 is 27.0 Å². The summed E-state index contributed by atoms with van der Waals surface area (Å²) in [6.07, 6.45) is 7.44. The van der Waals surface area contributed by atoms with Gasteiger partial charge < -0.3 is 9.47 Å². The molecule has 4 rings (SSSR count). The zero-order valence-electron chi connectivity index (χ0n) is 20.0. The first-order valence-corrected chi connectivity index (χ1v) is 12.2. The van der Waals surface area contributed by atoms with Crippen LogP contribution in [0, 0.1) is 24.5 Å². The van der Waals surface area contributed by atoms with Gasteiger partial charge in [0.15, 0.2) is 11.6 Å². The van der Waals surface area contributed by atoms with Gasteiger partial charge in [0.25, 0.3) is 0 Å². The summed E-state index contributed by atoms with van der Waals surface area (Å²) in [5, 5.41) is 0. The van der Waals surface area contributed by atoms with Crippen molar-refractivity contribution in [1.29, 1.82) is 0 Å². The average Bonchev–Trinajstić information content (AvgIpc) is 2.86. The topological polar surface area (TPSA) is 18.5 Å². The molecule has 0 aromatic heterocycles. The largest absolute Gasteiger partial charge is 0.454 e. The zero-order valence-corrected chi connectivity index (χ0v) is 20.0. The second-order valence-electron chi connectivity index (χ2n) is 9.25. The van der Waals surface area contributed by atoms with Gasteiger partial charge in [-0.25, -0.2) is 4.39 Å². The molecule has 0 bridgehead atoms. The summed E-state index contributed by atoms with van der Waals surface area (Å²) < 4.78 is 63.8. The molecule has 1 fully saturated rings. The first-order valence-electron chi connectivity index (χ1n) is 12.2. The van der Waals surface area contributed by atoms with E-state index in [0.717, 1.165) is 11.5 Å². The Balaban J connectivity index is 1.53. The molecule has 3 aromatic rings. The van der Waals surface area contributed by atoms with Gasteiger partial charge in [0, 0.05) is 5.56 Å². The Bertz CT molecular complexity index is 1120. The number of benzene rings is 3. The summed E-state index contributed by atoms with van der Waals surface area (Å²) in [5.41, 5.74) is 3.04. The van der Waals surface area contributed by atoms with Crippen LogP contribution in [0.4, 0.5) is 17.6 Å². The van der Waals surface area contributed by atoms with Crippen molar-refractivity contribution in [3.8, 4) is 28.4 Å². The summed E-state index contributed by atoms with van der Waals surface area (Å²) in [6, 6.07) is 14.6. The third-order valence-corrected chi connectivity index (χ3v) is 6.93. The lowest BCUT2D eigenvalue weighted by Gasteiger charge is -2.28. The predicted octanol–water partition coefficient (Wildman–Crippen LogP) is 9.41. The van der Waals surface area contributed by atoms with Gasteiger partial charge in [-0.1, -0.05) is 44.0 Å². The first-order chi connectivity index (χ1) is 16.9. The first kappa shape index (κ1) is 25.1. The second-order valence-corrected chi connectivity index (χ2v) is 9.25. The van der Waals surface area contributed by atoms with E-state index in [1.807, 2.05) is 12.1 Å². The van der Waals surface area contributed by atoms with Crippen molar-refractivity contribution in [2.24, 2.45) is 5.92 Å². The SMILES string of the molecule is CCCC1CCC(c2ccc(-c3cc(F)c(F)c(Oc4ccc(OC(F)F)cc4)c3C)cc2)CC1. The van der Waals surface area contributed by atoms with E-state index in [9.17, 15) is 17.6 Å². The maximum atomic E-state index is 14.7. The van der Waals surface area contributed by atoms with Crippen LogP contribution < -0.4 is 9.47 Å². The van der Waals surface area contributed by atoms with Crippen LogP contribution in [-0.4, -0.2) is 6.61 Å². The van der Waals surface area contributed by atoms with E-state index in [4.69, 9.17) is 4.74 Å². The molecule has 1 saturated carbocycles. The van der Waals surface area contributed by atoms with Gasteiger partial charge in [0.05, 0.1) is 0 Å². The molecular formula is C29H30F4O2. The van der Waals surface area contributed by atoms with E-state index in [-0.39, 0.29) is 17.2 Å². The van der Waals surface area contributed by atoms with Crippen LogP contribution >= 0.6 is 0 Å². The van der Waals surface area contributed by atoms with Crippen molar-refractivity contribution in [1.82, 2.24) is 0 Å². The molecule has 186 valence electrons. The van der Waals surface area contributed by atoms with Crippen LogP contribution in [0.2, 0.25) is 0 Å². The van der Waals surface area contributed by atoms with Gasteiger partial charge >= 0.3 is 6.61 Å². The number of halogens is 4. The molecular weight excluding hydrogens is 456 g/mol. The highest BCUT2D eigenvalue weighted by molar-refractivity contribution is 5.70. The van der Waals surface area contributed by atoms with E-state index >= 15 is 0 Å². The van der Waals surface area contributed by atoms with Crippen molar-refractivity contribution in [2.45, 2.75) is 64.9 Å². The molecule has 35 heavy (non-hydrogen) atoms. The minimum Gasteiger partial charge on any atom is -0.454 e. The summed E-state index contributed by atoms with van der Waals surface area (Å²) in [7, 11) is 0. The molecule has 0 N–H and O–H groups in total. The Morgan fingerprint density at radius 1 is 0.886 bits per heavy atom. The molecule has 0 saturated heterocycles. The molecule has 0 unspecified atom stereocenters. The predicted molar refractivity (Wildman–Crippen MR) is 129 cm³/mol. The minimum atomic E-state index is -2.95. The van der Waals surface area contributed by atoms with Gasteiger partial charge in [-0.15, -0.1) is 0 Å². The number of hydrogen-bond acceptors (Lipinski definition) is 2. The third kappa shape index (κ3) is 5.98. The van der Waals surface area contributed by atoms with Crippen molar-refractivity contribution in [2.75, 3.05) is 0 Å². The van der Waals surface area contributed by atoms with E-state index in [0.29, 0.717) is 17.0 Å². The Labute approximate surface area is 203 Å². The van der Waals surface area contributed by atoms with Gasteiger partial charge in [0.1, 0.15) is 11.5 Å². The highest BCUT2D eigenvalue weighted by Gasteiger charge is 2.23. The Morgan fingerprint density at radius 2 is 1.51 bits per heavy atom. The number of hydrogen-bond donors (Lipinski definition) is 0. The molecule has 0 radical (unpaired) electrons. The zero-order chi connectivity index (χ0) is 24.9. The molecule has 0 atom stereocenters. The summed E-state index contributed by atoms with van der Waals surface area (Å²) in [4.78, 5) is 0. The Hall–Kier alpha value is -3.02. The second kappa shape index (κ2) is 11.1. The van der Waals surface area contributed by atoms with Crippen molar-refractivity contribution in [3.05, 3.63) is 77.4 Å². The number of ether oxygens (including phenoxy) is 2. The molecule has 1 aliphatic carbocycles. The van der Waals surface area contributed by atoms with Gasteiger partial charge in [-0.2, -0.15) is 13.2 Å². The summed E-state index contributed by atoms with van der Waals surface area (Å²) >= 11 is 0. The normalized spacial score (nSPS) is 18.0. The van der Waals surface area contributed by atoms with E-state index < -0.39 is 18.2 Å². The van der Waals surface area contributed by atoms with Crippen LogP contribution in [0.15, 0.2) is 54.6 Å². The maximum Gasteiger partial charge on any atom is 0.387 e. The monoisotopic (exact) mass is 486 g/mol. The smallest absolute Gasteiger partial charge is 0.387 e. The summed E-state index contributed by atoms with van der Waals surface area (Å²) in [5.74, 6) is -0.842. The van der Waals surface area contributed by atoms with Crippen LogP contribution in [0.25, 0.3) is 11.1 Å². The van der Waals surface area contributed by atoms with Crippen LogP contribution in [0.3, 0.4) is 0 Å². The van der Waals surface area contributed by atoms with Crippen LogP contribution in [0.5, 0.6) is 17.2 Å². The molecule has 6 heteroatoms. The quantitative estimate of drug-likeness (QED) is 0.295. The number of rotatable bonds is 8. The maximum absolute atomic E-state index is 14.7. The van der Waals surface area contributed by atoms with E-state index in [2.05, 4.69) is 23.8 Å². The van der Waals surface area contributed by atoms with E-state index in [1.54, 1.807) is 6.92 Å². The minimum absolute atomic E-state index is 0.0524. The third-order valence-electron chi connectivity index (χ3n) is 6.93. The van der Waals surface area contributed by atoms with Gasteiger partial charge in [-0.05, 0) is 91.5 Å². The van der Waals surface area contributed by atoms with Crippen LogP contribution in [0.1, 0.15) is 62.5 Å². The lowest BCUT2D eigenvalue weighted by atomic mass is 9.77.